The zero-order chi connectivity index (χ0) is 19.6. The van der Waals surface area contributed by atoms with Gasteiger partial charge in [0.05, 0.1) is 22.8 Å². The van der Waals surface area contributed by atoms with E-state index in [9.17, 15) is 14.9 Å². The van der Waals surface area contributed by atoms with Crippen LogP contribution in [-0.4, -0.2) is 46.0 Å². The standard InChI is InChI=1S/C18H22N4O4S/c1-11-4-5-14(6-16(11)22(24)25)17(23)20-18-19-15(10-27-18)9-21-7-12(2)26-13(3)8-21/h4-6,10,12-13H,7-9H2,1-3H3,(H,19,20,23). The first-order chi connectivity index (χ1) is 12.8. The van der Waals surface area contributed by atoms with Crippen molar-refractivity contribution in [1.82, 2.24) is 9.88 Å². The number of nitrogens with zero attached hydrogens (tertiary/aromatic N) is 3. The molecular formula is C18H22N4O4S. The van der Waals surface area contributed by atoms with E-state index in [-0.39, 0.29) is 23.5 Å². The van der Waals surface area contributed by atoms with Gasteiger partial charge in [-0.1, -0.05) is 6.07 Å². The first-order valence-corrected chi connectivity index (χ1v) is 9.58. The first-order valence-electron chi connectivity index (χ1n) is 8.70. The van der Waals surface area contributed by atoms with Crippen LogP contribution in [0, 0.1) is 17.0 Å². The minimum Gasteiger partial charge on any atom is -0.373 e. The third-order valence-corrected chi connectivity index (χ3v) is 5.13. The molecule has 2 heterocycles. The predicted octanol–water partition coefficient (Wildman–Crippen LogP) is 3.22. The molecule has 0 bridgehead atoms. The van der Waals surface area contributed by atoms with Gasteiger partial charge in [-0.05, 0) is 26.8 Å². The van der Waals surface area contributed by atoms with Gasteiger partial charge in [-0.25, -0.2) is 4.98 Å². The molecule has 1 aliphatic rings. The van der Waals surface area contributed by atoms with E-state index in [0.29, 0.717) is 17.2 Å². The molecule has 1 amide bonds. The monoisotopic (exact) mass is 390 g/mol. The molecule has 27 heavy (non-hydrogen) atoms. The topological polar surface area (TPSA) is 97.6 Å². The third kappa shape index (κ3) is 4.88. The largest absolute Gasteiger partial charge is 0.373 e. The van der Waals surface area contributed by atoms with Gasteiger partial charge in [-0.3, -0.25) is 25.1 Å². The van der Waals surface area contributed by atoms with Crippen LogP contribution in [0.2, 0.25) is 0 Å². The van der Waals surface area contributed by atoms with E-state index in [4.69, 9.17) is 4.74 Å². The lowest BCUT2D eigenvalue weighted by Gasteiger charge is -2.34. The molecule has 1 aliphatic heterocycles. The molecule has 144 valence electrons. The summed E-state index contributed by atoms with van der Waals surface area (Å²) in [5.74, 6) is -0.410. The molecular weight excluding hydrogens is 368 g/mol. The Balaban J connectivity index is 1.64. The Hall–Kier alpha value is -2.36. The van der Waals surface area contributed by atoms with Crippen LogP contribution in [0.4, 0.5) is 10.8 Å². The first kappa shape index (κ1) is 19.4. The fourth-order valence-electron chi connectivity index (χ4n) is 3.20. The molecule has 2 atom stereocenters. The maximum absolute atomic E-state index is 12.4. The van der Waals surface area contributed by atoms with Crippen LogP contribution in [0.25, 0.3) is 0 Å². The number of carbonyl (C=O) groups is 1. The Morgan fingerprint density at radius 1 is 1.41 bits per heavy atom. The van der Waals surface area contributed by atoms with Gasteiger partial charge in [0.1, 0.15) is 0 Å². The lowest BCUT2D eigenvalue weighted by molar-refractivity contribution is -0.385. The van der Waals surface area contributed by atoms with Gasteiger partial charge in [0, 0.05) is 42.2 Å². The van der Waals surface area contributed by atoms with Crippen molar-refractivity contribution in [3.8, 4) is 0 Å². The van der Waals surface area contributed by atoms with E-state index >= 15 is 0 Å². The summed E-state index contributed by atoms with van der Waals surface area (Å²) in [6, 6.07) is 4.43. The van der Waals surface area contributed by atoms with Crippen molar-refractivity contribution >= 4 is 28.1 Å². The van der Waals surface area contributed by atoms with E-state index in [1.165, 1.54) is 17.4 Å². The van der Waals surface area contributed by atoms with Crippen molar-refractivity contribution in [3.05, 3.63) is 50.5 Å². The molecule has 1 fully saturated rings. The van der Waals surface area contributed by atoms with Crippen molar-refractivity contribution < 1.29 is 14.5 Å². The highest BCUT2D eigenvalue weighted by molar-refractivity contribution is 7.13. The average molecular weight is 390 g/mol. The number of aromatic nitrogens is 1. The number of nitrogens with one attached hydrogen (secondary N) is 1. The fraction of sp³-hybridized carbons (Fsp3) is 0.444. The summed E-state index contributed by atoms with van der Waals surface area (Å²) in [6.45, 7) is 8.13. The molecule has 0 spiro atoms. The predicted molar refractivity (Wildman–Crippen MR) is 103 cm³/mol. The van der Waals surface area contributed by atoms with Crippen molar-refractivity contribution in [2.45, 2.75) is 39.5 Å². The summed E-state index contributed by atoms with van der Waals surface area (Å²) >= 11 is 1.34. The fourth-order valence-corrected chi connectivity index (χ4v) is 3.89. The van der Waals surface area contributed by atoms with Crippen molar-refractivity contribution in [2.75, 3.05) is 18.4 Å². The number of amides is 1. The normalized spacial score (nSPS) is 20.4. The number of rotatable bonds is 5. The SMILES string of the molecule is Cc1ccc(C(=O)Nc2nc(CN3CC(C)OC(C)C3)cs2)cc1[N+](=O)[O-]. The Bertz CT molecular complexity index is 844. The number of ether oxygens (including phenoxy) is 1. The highest BCUT2D eigenvalue weighted by atomic mass is 32.1. The van der Waals surface area contributed by atoms with Gasteiger partial charge >= 0.3 is 0 Å². The number of hydrogen-bond acceptors (Lipinski definition) is 7. The minimum atomic E-state index is -0.488. The zero-order valence-corrected chi connectivity index (χ0v) is 16.3. The number of carbonyl (C=O) groups excluding carboxylic acids is 1. The molecule has 1 saturated heterocycles. The molecule has 2 unspecified atom stereocenters. The lowest BCUT2D eigenvalue weighted by Crippen LogP contribution is -2.44. The number of nitro benzene ring substituents is 1. The average Bonchev–Trinajstić information content (AvgIpc) is 3.00. The number of aryl methyl sites for hydroxylation is 1. The van der Waals surface area contributed by atoms with Gasteiger partial charge in [-0.2, -0.15) is 0 Å². The maximum Gasteiger partial charge on any atom is 0.273 e. The molecule has 0 saturated carbocycles. The molecule has 0 aliphatic carbocycles. The van der Waals surface area contributed by atoms with Gasteiger partial charge in [0.15, 0.2) is 5.13 Å². The molecule has 1 aromatic carbocycles. The van der Waals surface area contributed by atoms with Gasteiger partial charge in [-0.15, -0.1) is 11.3 Å². The Morgan fingerprint density at radius 3 is 2.78 bits per heavy atom. The minimum absolute atomic E-state index is 0.0713. The maximum atomic E-state index is 12.4. The summed E-state index contributed by atoms with van der Waals surface area (Å²) in [4.78, 5) is 29.7. The van der Waals surface area contributed by atoms with Crippen LogP contribution in [-0.2, 0) is 11.3 Å². The van der Waals surface area contributed by atoms with Crippen molar-refractivity contribution in [2.24, 2.45) is 0 Å². The number of morpholine rings is 1. The van der Waals surface area contributed by atoms with E-state index < -0.39 is 10.8 Å². The summed E-state index contributed by atoms with van der Waals surface area (Å²) in [7, 11) is 0. The second kappa shape index (κ2) is 8.12. The summed E-state index contributed by atoms with van der Waals surface area (Å²) in [5.41, 5.74) is 1.56. The number of nitro groups is 1. The third-order valence-electron chi connectivity index (χ3n) is 4.32. The van der Waals surface area contributed by atoms with Crippen molar-refractivity contribution in [1.29, 1.82) is 0 Å². The Labute approximate surface area is 161 Å². The van der Waals surface area contributed by atoms with Crippen LogP contribution in [0.1, 0.15) is 35.5 Å². The molecule has 2 aromatic rings. The number of anilines is 1. The summed E-state index contributed by atoms with van der Waals surface area (Å²) < 4.78 is 5.73. The van der Waals surface area contributed by atoms with Gasteiger partial charge < -0.3 is 4.74 Å². The van der Waals surface area contributed by atoms with E-state index in [1.807, 2.05) is 5.38 Å². The molecule has 3 rings (SSSR count). The Kier molecular flexibility index (Phi) is 5.83. The highest BCUT2D eigenvalue weighted by Crippen LogP contribution is 2.22. The van der Waals surface area contributed by atoms with Gasteiger partial charge in [0.25, 0.3) is 11.6 Å². The number of benzene rings is 1. The summed E-state index contributed by atoms with van der Waals surface area (Å²) in [5, 5.41) is 16.2. The number of hydrogen-bond donors (Lipinski definition) is 1. The van der Waals surface area contributed by atoms with Crippen molar-refractivity contribution in [3.63, 3.8) is 0 Å². The van der Waals surface area contributed by atoms with E-state index in [1.54, 1.807) is 19.1 Å². The molecule has 8 nitrogen and oxygen atoms in total. The van der Waals surface area contributed by atoms with Crippen LogP contribution in [0.5, 0.6) is 0 Å². The quantitative estimate of drug-likeness (QED) is 0.622. The van der Waals surface area contributed by atoms with Crippen LogP contribution in [0.3, 0.4) is 0 Å². The van der Waals surface area contributed by atoms with Crippen LogP contribution < -0.4 is 5.32 Å². The molecule has 1 N–H and O–H groups in total. The number of thiazole rings is 1. The lowest BCUT2D eigenvalue weighted by atomic mass is 10.1. The van der Waals surface area contributed by atoms with E-state index in [0.717, 1.165) is 18.8 Å². The molecule has 0 radical (unpaired) electrons. The second-order valence-electron chi connectivity index (χ2n) is 6.81. The van der Waals surface area contributed by atoms with Gasteiger partial charge in [0.2, 0.25) is 0 Å². The summed E-state index contributed by atoms with van der Waals surface area (Å²) in [6.07, 6.45) is 0.368. The molecule has 9 heteroatoms. The smallest absolute Gasteiger partial charge is 0.273 e. The van der Waals surface area contributed by atoms with E-state index in [2.05, 4.69) is 29.0 Å². The van der Waals surface area contributed by atoms with Crippen LogP contribution >= 0.6 is 11.3 Å². The Morgan fingerprint density at radius 2 is 2.11 bits per heavy atom. The second-order valence-corrected chi connectivity index (χ2v) is 7.67. The molecule has 1 aromatic heterocycles. The zero-order valence-electron chi connectivity index (χ0n) is 15.5. The highest BCUT2D eigenvalue weighted by Gasteiger charge is 2.23. The van der Waals surface area contributed by atoms with Crippen LogP contribution in [0.15, 0.2) is 23.6 Å².